The summed E-state index contributed by atoms with van der Waals surface area (Å²) in [6.07, 6.45) is 1.15. The minimum Gasteiger partial charge on any atom is -0.477 e. The molecule has 9 heteroatoms. The Labute approximate surface area is 140 Å². The highest BCUT2D eigenvalue weighted by Crippen LogP contribution is 2.32. The number of nitrogens with one attached hydrogen (secondary N) is 1. The fourth-order valence-corrected chi connectivity index (χ4v) is 2.14. The van der Waals surface area contributed by atoms with E-state index in [-0.39, 0.29) is 22.2 Å². The zero-order chi connectivity index (χ0) is 17.9. The third-order valence-electron chi connectivity index (χ3n) is 2.88. The molecule has 0 atom stereocenters. The van der Waals surface area contributed by atoms with Crippen molar-refractivity contribution in [3.8, 4) is 11.3 Å². The molecule has 24 heavy (non-hydrogen) atoms. The molecule has 0 fully saturated rings. The normalized spacial score (nSPS) is 11.2. The Hall–Kier alpha value is -3.13. The summed E-state index contributed by atoms with van der Waals surface area (Å²) >= 11 is 6.01. The van der Waals surface area contributed by atoms with Crippen LogP contribution in [0.25, 0.3) is 17.4 Å². The van der Waals surface area contributed by atoms with Gasteiger partial charge in [0.1, 0.15) is 17.2 Å². The topological polar surface area (TPSA) is 123 Å². The van der Waals surface area contributed by atoms with Gasteiger partial charge in [-0.25, -0.2) is 4.79 Å². The highest BCUT2D eigenvalue weighted by atomic mass is 35.5. The van der Waals surface area contributed by atoms with Crippen LogP contribution in [-0.4, -0.2) is 21.9 Å². The van der Waals surface area contributed by atoms with Crippen LogP contribution >= 0.6 is 11.6 Å². The van der Waals surface area contributed by atoms with Crippen LogP contribution in [0.1, 0.15) is 12.7 Å². The van der Waals surface area contributed by atoms with E-state index in [1.807, 2.05) is 0 Å². The molecular weight excluding hydrogens is 340 g/mol. The van der Waals surface area contributed by atoms with Crippen molar-refractivity contribution in [3.05, 3.63) is 56.9 Å². The zero-order valence-corrected chi connectivity index (χ0v) is 13.0. The number of benzene rings is 1. The van der Waals surface area contributed by atoms with E-state index in [1.54, 1.807) is 0 Å². The average molecular weight is 351 g/mol. The number of furan rings is 1. The molecular formula is C15H11ClN2O6. The van der Waals surface area contributed by atoms with Gasteiger partial charge in [-0.15, -0.1) is 0 Å². The second kappa shape index (κ2) is 6.97. The number of aliphatic carboxylic acids is 1. The number of non-ortho nitro benzene ring substituents is 1. The minimum atomic E-state index is -1.32. The molecule has 0 aliphatic rings. The largest absolute Gasteiger partial charge is 0.477 e. The molecule has 2 N–H and O–H groups in total. The first-order chi connectivity index (χ1) is 11.3. The monoisotopic (exact) mass is 350 g/mol. The van der Waals surface area contributed by atoms with Crippen molar-refractivity contribution in [1.29, 1.82) is 0 Å². The van der Waals surface area contributed by atoms with Crippen LogP contribution in [0, 0.1) is 10.1 Å². The van der Waals surface area contributed by atoms with E-state index in [0.29, 0.717) is 11.3 Å². The number of hydrogen-bond acceptors (Lipinski definition) is 5. The highest BCUT2D eigenvalue weighted by Gasteiger charge is 2.14. The predicted octanol–water partition coefficient (Wildman–Crippen LogP) is 3.07. The SMILES string of the molecule is CC(=O)N/C(=C/c1ccc(-c2ccc([N+](=O)[O-])cc2Cl)o1)C(=O)O. The van der Waals surface area contributed by atoms with Crippen LogP contribution in [0.15, 0.2) is 40.4 Å². The van der Waals surface area contributed by atoms with E-state index in [0.717, 1.165) is 6.08 Å². The number of rotatable bonds is 5. The lowest BCUT2D eigenvalue weighted by atomic mass is 10.1. The zero-order valence-electron chi connectivity index (χ0n) is 12.3. The minimum absolute atomic E-state index is 0.120. The molecule has 0 bridgehead atoms. The van der Waals surface area contributed by atoms with Crippen molar-refractivity contribution in [3.63, 3.8) is 0 Å². The van der Waals surface area contributed by atoms with Crippen molar-refractivity contribution < 1.29 is 24.0 Å². The maximum Gasteiger partial charge on any atom is 0.352 e. The number of hydrogen-bond donors (Lipinski definition) is 2. The van der Waals surface area contributed by atoms with Crippen molar-refractivity contribution in [2.24, 2.45) is 0 Å². The maximum absolute atomic E-state index is 11.1. The smallest absolute Gasteiger partial charge is 0.352 e. The fourth-order valence-electron chi connectivity index (χ4n) is 1.88. The first kappa shape index (κ1) is 17.2. The van der Waals surface area contributed by atoms with Crippen molar-refractivity contribution in [2.45, 2.75) is 6.92 Å². The van der Waals surface area contributed by atoms with Crippen LogP contribution in [0.5, 0.6) is 0 Å². The lowest BCUT2D eigenvalue weighted by molar-refractivity contribution is -0.384. The quantitative estimate of drug-likeness (QED) is 0.485. The standard InChI is InChI=1S/C15H11ClN2O6/c1-8(19)17-13(15(20)21)7-10-3-5-14(24-10)11-4-2-9(18(22)23)6-12(11)16/h2-7H,1H3,(H,17,19)(H,20,21)/b13-7+. The lowest BCUT2D eigenvalue weighted by Crippen LogP contribution is -2.24. The Morgan fingerprint density at radius 1 is 1.33 bits per heavy atom. The predicted molar refractivity (Wildman–Crippen MR) is 85.2 cm³/mol. The summed E-state index contributed by atoms with van der Waals surface area (Å²) in [5.41, 5.74) is -0.0919. The van der Waals surface area contributed by atoms with Crippen LogP contribution in [-0.2, 0) is 9.59 Å². The number of nitro groups is 1. The molecule has 2 aromatic rings. The van der Waals surface area contributed by atoms with E-state index in [9.17, 15) is 19.7 Å². The molecule has 0 saturated carbocycles. The van der Waals surface area contributed by atoms with Crippen LogP contribution in [0.2, 0.25) is 5.02 Å². The van der Waals surface area contributed by atoms with Gasteiger partial charge in [0.2, 0.25) is 5.91 Å². The van der Waals surface area contributed by atoms with Crippen molar-refractivity contribution >= 4 is 35.2 Å². The molecule has 124 valence electrons. The van der Waals surface area contributed by atoms with E-state index >= 15 is 0 Å². The molecule has 8 nitrogen and oxygen atoms in total. The number of halogens is 1. The number of carbonyl (C=O) groups excluding carboxylic acids is 1. The van der Waals surface area contributed by atoms with E-state index in [2.05, 4.69) is 5.32 Å². The van der Waals surface area contributed by atoms with Gasteiger partial charge in [0.25, 0.3) is 5.69 Å². The lowest BCUT2D eigenvalue weighted by Gasteiger charge is -2.02. The molecule has 1 aromatic heterocycles. The molecule has 2 rings (SSSR count). The molecule has 0 radical (unpaired) electrons. The van der Waals surface area contributed by atoms with Crippen LogP contribution in [0.4, 0.5) is 5.69 Å². The fraction of sp³-hybridized carbons (Fsp3) is 0.0667. The van der Waals surface area contributed by atoms with Gasteiger partial charge in [-0.1, -0.05) is 11.6 Å². The van der Waals surface area contributed by atoms with Gasteiger partial charge in [-0.2, -0.15) is 0 Å². The summed E-state index contributed by atoms with van der Waals surface area (Å²) in [6.45, 7) is 1.18. The van der Waals surface area contributed by atoms with Gasteiger partial charge >= 0.3 is 5.97 Å². The number of carboxylic acid groups (broad SMARTS) is 1. The molecule has 0 aliphatic carbocycles. The second-order valence-corrected chi connectivity index (χ2v) is 5.07. The Bertz CT molecular complexity index is 855. The molecule has 1 amide bonds. The molecule has 1 heterocycles. The van der Waals surface area contributed by atoms with E-state index < -0.39 is 16.8 Å². The van der Waals surface area contributed by atoms with Gasteiger partial charge in [-0.05, 0) is 18.2 Å². The van der Waals surface area contributed by atoms with Gasteiger partial charge in [-0.3, -0.25) is 14.9 Å². The first-order valence-electron chi connectivity index (χ1n) is 6.54. The summed E-state index contributed by atoms with van der Waals surface area (Å²) < 4.78 is 5.47. The number of amides is 1. The Morgan fingerprint density at radius 2 is 2.04 bits per heavy atom. The van der Waals surface area contributed by atoms with Gasteiger partial charge in [0, 0.05) is 30.7 Å². The third-order valence-corrected chi connectivity index (χ3v) is 3.20. The van der Waals surface area contributed by atoms with Gasteiger partial charge in [0.15, 0.2) is 0 Å². The summed E-state index contributed by atoms with van der Waals surface area (Å²) in [5, 5.41) is 22.0. The Balaban J connectivity index is 2.35. The van der Waals surface area contributed by atoms with Crippen molar-refractivity contribution in [1.82, 2.24) is 5.32 Å². The van der Waals surface area contributed by atoms with Gasteiger partial charge < -0.3 is 14.8 Å². The molecule has 0 saturated heterocycles. The summed E-state index contributed by atoms with van der Waals surface area (Å²) in [7, 11) is 0. The number of carboxylic acids is 1. The Morgan fingerprint density at radius 3 is 2.58 bits per heavy atom. The van der Waals surface area contributed by atoms with Crippen LogP contribution < -0.4 is 5.32 Å². The number of nitrogens with zero attached hydrogens (tertiary/aromatic N) is 1. The highest BCUT2D eigenvalue weighted by molar-refractivity contribution is 6.33. The molecule has 1 aromatic carbocycles. The second-order valence-electron chi connectivity index (χ2n) is 4.67. The van der Waals surface area contributed by atoms with E-state index in [1.165, 1.54) is 37.3 Å². The van der Waals surface area contributed by atoms with Gasteiger partial charge in [0.05, 0.1) is 9.95 Å². The van der Waals surface area contributed by atoms with E-state index in [4.69, 9.17) is 21.1 Å². The summed E-state index contributed by atoms with van der Waals surface area (Å²) in [6, 6.07) is 6.91. The summed E-state index contributed by atoms with van der Waals surface area (Å²) in [4.78, 5) is 32.2. The number of nitro benzene ring substituents is 1. The third kappa shape index (κ3) is 3.99. The first-order valence-corrected chi connectivity index (χ1v) is 6.92. The summed E-state index contributed by atoms with van der Waals surface area (Å²) in [5.74, 6) is -1.38. The average Bonchev–Trinajstić information content (AvgIpc) is 2.94. The number of carbonyl (C=O) groups is 2. The molecule has 0 aliphatic heterocycles. The van der Waals surface area contributed by atoms with Crippen molar-refractivity contribution in [2.75, 3.05) is 0 Å². The molecule has 0 spiro atoms. The Kier molecular flexibility index (Phi) is 5.00. The van der Waals surface area contributed by atoms with Crippen LogP contribution in [0.3, 0.4) is 0 Å². The maximum atomic E-state index is 11.1. The molecule has 0 unspecified atom stereocenters.